The van der Waals surface area contributed by atoms with Gasteiger partial charge in [0.05, 0.1) is 0 Å². The summed E-state index contributed by atoms with van der Waals surface area (Å²) in [5.41, 5.74) is 6.01. The van der Waals surface area contributed by atoms with Crippen molar-refractivity contribution < 1.29 is 4.79 Å². The number of hydrogen-bond acceptors (Lipinski definition) is 2. The molecule has 2 amide bonds. The number of amides is 2. The summed E-state index contributed by atoms with van der Waals surface area (Å²) in [4.78, 5) is 14.0. The SMILES string of the molecule is CC1(CN)CCN(C(=O)NC2CCCC2)CC1. The lowest BCUT2D eigenvalue weighted by molar-refractivity contribution is 0.132. The molecule has 17 heavy (non-hydrogen) atoms. The van der Waals surface area contributed by atoms with Crippen molar-refractivity contribution in [2.75, 3.05) is 19.6 Å². The molecule has 4 heteroatoms. The van der Waals surface area contributed by atoms with Gasteiger partial charge in [-0.05, 0) is 37.6 Å². The van der Waals surface area contributed by atoms with Crippen LogP contribution in [0.15, 0.2) is 0 Å². The van der Waals surface area contributed by atoms with E-state index in [0.717, 1.165) is 45.3 Å². The van der Waals surface area contributed by atoms with Gasteiger partial charge in [-0.1, -0.05) is 19.8 Å². The van der Waals surface area contributed by atoms with E-state index < -0.39 is 0 Å². The van der Waals surface area contributed by atoms with Crippen molar-refractivity contribution in [2.45, 2.75) is 51.5 Å². The van der Waals surface area contributed by atoms with Crippen LogP contribution < -0.4 is 11.1 Å². The maximum atomic E-state index is 12.0. The third-order valence-electron chi connectivity index (χ3n) is 4.43. The van der Waals surface area contributed by atoms with Gasteiger partial charge in [0.15, 0.2) is 0 Å². The number of carbonyl (C=O) groups excluding carboxylic acids is 1. The number of nitrogens with one attached hydrogen (secondary N) is 1. The Hall–Kier alpha value is -0.770. The molecule has 0 aromatic rings. The second kappa shape index (κ2) is 5.25. The van der Waals surface area contributed by atoms with Gasteiger partial charge in [-0.3, -0.25) is 0 Å². The summed E-state index contributed by atoms with van der Waals surface area (Å²) in [5.74, 6) is 0. The Balaban J connectivity index is 1.77. The number of nitrogens with zero attached hydrogens (tertiary/aromatic N) is 1. The van der Waals surface area contributed by atoms with Gasteiger partial charge in [-0.2, -0.15) is 0 Å². The van der Waals surface area contributed by atoms with Gasteiger partial charge in [0.1, 0.15) is 0 Å². The molecule has 0 aromatic heterocycles. The summed E-state index contributed by atoms with van der Waals surface area (Å²) in [5, 5.41) is 3.15. The first-order valence-corrected chi connectivity index (χ1v) is 6.88. The van der Waals surface area contributed by atoms with E-state index in [1.165, 1.54) is 12.8 Å². The molecule has 1 saturated heterocycles. The van der Waals surface area contributed by atoms with Crippen LogP contribution in [0.2, 0.25) is 0 Å². The molecule has 1 heterocycles. The Morgan fingerprint density at radius 1 is 1.35 bits per heavy atom. The molecule has 2 fully saturated rings. The lowest BCUT2D eigenvalue weighted by atomic mass is 9.81. The van der Waals surface area contributed by atoms with Gasteiger partial charge in [-0.15, -0.1) is 0 Å². The molecule has 0 bridgehead atoms. The van der Waals surface area contributed by atoms with Crippen molar-refractivity contribution in [3.8, 4) is 0 Å². The third-order valence-corrected chi connectivity index (χ3v) is 4.43. The predicted molar refractivity (Wildman–Crippen MR) is 68.8 cm³/mol. The van der Waals surface area contributed by atoms with Crippen molar-refractivity contribution in [1.82, 2.24) is 10.2 Å². The minimum Gasteiger partial charge on any atom is -0.335 e. The summed E-state index contributed by atoms with van der Waals surface area (Å²) in [6.45, 7) is 4.66. The smallest absolute Gasteiger partial charge is 0.317 e. The van der Waals surface area contributed by atoms with E-state index in [4.69, 9.17) is 5.73 Å². The maximum absolute atomic E-state index is 12.0. The van der Waals surface area contributed by atoms with Gasteiger partial charge in [-0.25, -0.2) is 4.79 Å². The normalized spacial score (nSPS) is 24.9. The van der Waals surface area contributed by atoms with Crippen LogP contribution in [0.3, 0.4) is 0 Å². The first-order chi connectivity index (χ1) is 8.13. The number of likely N-dealkylation sites (tertiary alicyclic amines) is 1. The Bertz CT molecular complexity index is 266. The van der Waals surface area contributed by atoms with E-state index in [1.54, 1.807) is 0 Å². The summed E-state index contributed by atoms with van der Waals surface area (Å²) in [6.07, 6.45) is 6.88. The van der Waals surface area contributed by atoms with Gasteiger partial charge in [0.2, 0.25) is 0 Å². The highest BCUT2D eigenvalue weighted by Crippen LogP contribution is 2.29. The second-order valence-corrected chi connectivity index (χ2v) is 5.93. The number of hydrogen-bond donors (Lipinski definition) is 2. The summed E-state index contributed by atoms with van der Waals surface area (Å²) < 4.78 is 0. The van der Waals surface area contributed by atoms with Crippen LogP contribution in [-0.2, 0) is 0 Å². The minimum atomic E-state index is 0.135. The quantitative estimate of drug-likeness (QED) is 0.770. The Morgan fingerprint density at radius 3 is 2.47 bits per heavy atom. The van der Waals surface area contributed by atoms with Gasteiger partial charge < -0.3 is 16.0 Å². The standard InChI is InChI=1S/C13H25N3O/c1-13(10-14)6-8-16(9-7-13)12(17)15-11-4-2-3-5-11/h11H,2-10,14H2,1H3,(H,15,17). The molecule has 4 nitrogen and oxygen atoms in total. The molecule has 0 spiro atoms. The summed E-state index contributed by atoms with van der Waals surface area (Å²) in [6, 6.07) is 0.557. The molecule has 3 N–H and O–H groups in total. The van der Waals surface area contributed by atoms with Gasteiger partial charge >= 0.3 is 6.03 Å². The van der Waals surface area contributed by atoms with E-state index in [1.807, 2.05) is 4.90 Å². The van der Waals surface area contributed by atoms with Crippen molar-refractivity contribution in [3.63, 3.8) is 0 Å². The van der Waals surface area contributed by atoms with E-state index >= 15 is 0 Å². The van der Waals surface area contributed by atoms with Crippen LogP contribution in [0.4, 0.5) is 4.79 Å². The molecule has 0 aromatic carbocycles. The molecule has 0 atom stereocenters. The summed E-state index contributed by atoms with van der Waals surface area (Å²) >= 11 is 0. The zero-order valence-electron chi connectivity index (χ0n) is 10.9. The number of carbonyl (C=O) groups is 1. The highest BCUT2D eigenvalue weighted by Gasteiger charge is 2.31. The van der Waals surface area contributed by atoms with Crippen LogP contribution >= 0.6 is 0 Å². The van der Waals surface area contributed by atoms with E-state index in [2.05, 4.69) is 12.2 Å². The average molecular weight is 239 g/mol. The highest BCUT2D eigenvalue weighted by molar-refractivity contribution is 5.74. The van der Waals surface area contributed by atoms with E-state index in [-0.39, 0.29) is 11.4 Å². The first-order valence-electron chi connectivity index (χ1n) is 6.88. The lowest BCUT2D eigenvalue weighted by Crippen LogP contribution is -2.50. The van der Waals surface area contributed by atoms with Gasteiger partial charge in [0, 0.05) is 19.1 Å². The zero-order chi connectivity index (χ0) is 12.3. The topological polar surface area (TPSA) is 58.4 Å². The molecule has 98 valence electrons. The van der Waals surface area contributed by atoms with Crippen LogP contribution in [-0.4, -0.2) is 36.6 Å². The van der Waals surface area contributed by atoms with Crippen LogP contribution in [0.1, 0.15) is 45.4 Å². The predicted octanol–water partition coefficient (Wildman–Crippen LogP) is 1.70. The van der Waals surface area contributed by atoms with Crippen molar-refractivity contribution in [2.24, 2.45) is 11.1 Å². The Labute approximate surface area is 104 Å². The number of rotatable bonds is 2. The fraction of sp³-hybridized carbons (Fsp3) is 0.923. The lowest BCUT2D eigenvalue weighted by Gasteiger charge is -2.38. The zero-order valence-corrected chi connectivity index (χ0v) is 10.9. The molecule has 1 aliphatic heterocycles. The number of nitrogens with two attached hydrogens (primary N) is 1. The second-order valence-electron chi connectivity index (χ2n) is 5.93. The highest BCUT2D eigenvalue weighted by atomic mass is 16.2. The molecular formula is C13H25N3O. The van der Waals surface area contributed by atoms with Crippen molar-refractivity contribution in [1.29, 1.82) is 0 Å². The number of urea groups is 1. The first kappa shape index (κ1) is 12.7. The largest absolute Gasteiger partial charge is 0.335 e. The van der Waals surface area contributed by atoms with Crippen LogP contribution in [0, 0.1) is 5.41 Å². The Morgan fingerprint density at radius 2 is 1.94 bits per heavy atom. The Kier molecular flexibility index (Phi) is 3.92. The molecule has 2 rings (SSSR count). The maximum Gasteiger partial charge on any atom is 0.317 e. The van der Waals surface area contributed by atoms with E-state index in [0.29, 0.717) is 6.04 Å². The van der Waals surface area contributed by atoms with Crippen molar-refractivity contribution in [3.05, 3.63) is 0 Å². The third kappa shape index (κ3) is 3.12. The van der Waals surface area contributed by atoms with Gasteiger partial charge in [0.25, 0.3) is 0 Å². The van der Waals surface area contributed by atoms with E-state index in [9.17, 15) is 4.79 Å². The monoisotopic (exact) mass is 239 g/mol. The average Bonchev–Trinajstić information content (AvgIpc) is 2.83. The molecule has 1 aliphatic carbocycles. The molecule has 0 unspecified atom stereocenters. The molecular weight excluding hydrogens is 214 g/mol. The molecule has 1 saturated carbocycles. The van der Waals surface area contributed by atoms with Crippen LogP contribution in [0.25, 0.3) is 0 Å². The molecule has 0 radical (unpaired) electrons. The van der Waals surface area contributed by atoms with Crippen LogP contribution in [0.5, 0.6) is 0 Å². The number of piperidine rings is 1. The minimum absolute atomic E-state index is 0.135. The van der Waals surface area contributed by atoms with Crippen molar-refractivity contribution >= 4 is 6.03 Å². The molecule has 2 aliphatic rings. The fourth-order valence-electron chi connectivity index (χ4n) is 2.79. The summed E-state index contributed by atoms with van der Waals surface area (Å²) in [7, 11) is 0. The fourth-order valence-corrected chi connectivity index (χ4v) is 2.79.